The number of amides is 3. The first-order chi connectivity index (χ1) is 18.5. The number of hydrogen-bond acceptors (Lipinski definition) is 5. The summed E-state index contributed by atoms with van der Waals surface area (Å²) in [6, 6.07) is 15.0. The average Bonchev–Trinajstić information content (AvgIpc) is 3.52. The molecule has 2 unspecified atom stereocenters. The zero-order chi connectivity index (χ0) is 27.7. The van der Waals surface area contributed by atoms with Crippen molar-refractivity contribution < 1.29 is 19.1 Å². The number of hydrogen-bond donors (Lipinski definition) is 1. The molecule has 6 rings (SSSR count). The number of nitrogens with zero attached hydrogens (tertiary/aromatic N) is 3. The van der Waals surface area contributed by atoms with Gasteiger partial charge in [0.05, 0.1) is 12.5 Å². The molecule has 1 saturated heterocycles. The van der Waals surface area contributed by atoms with Gasteiger partial charge in [0, 0.05) is 25.2 Å². The second kappa shape index (κ2) is 8.84. The first-order valence-electron chi connectivity index (χ1n) is 13.7. The van der Waals surface area contributed by atoms with Gasteiger partial charge in [-0.05, 0) is 79.7 Å². The van der Waals surface area contributed by atoms with Crippen LogP contribution >= 0.6 is 0 Å². The van der Waals surface area contributed by atoms with E-state index in [0.717, 1.165) is 47.2 Å². The number of carbonyl (C=O) groups is 3. The van der Waals surface area contributed by atoms with E-state index in [1.807, 2.05) is 63.2 Å². The van der Waals surface area contributed by atoms with Crippen molar-refractivity contribution in [1.29, 1.82) is 5.26 Å². The summed E-state index contributed by atoms with van der Waals surface area (Å²) in [5.41, 5.74) is 4.36. The summed E-state index contributed by atoms with van der Waals surface area (Å²) in [6.45, 7) is 5.48. The Morgan fingerprint density at radius 1 is 1.18 bits per heavy atom. The third-order valence-corrected chi connectivity index (χ3v) is 8.99. The Hall–Kier alpha value is -3.86. The fourth-order valence-electron chi connectivity index (χ4n) is 6.83. The van der Waals surface area contributed by atoms with Crippen molar-refractivity contribution in [2.75, 3.05) is 11.9 Å². The predicted octanol–water partition coefficient (Wildman–Crippen LogP) is 4.21. The largest absolute Gasteiger partial charge is 0.444 e. The van der Waals surface area contributed by atoms with E-state index in [2.05, 4.69) is 11.4 Å². The van der Waals surface area contributed by atoms with Gasteiger partial charge in [-0.1, -0.05) is 36.4 Å². The third kappa shape index (κ3) is 4.25. The number of nitrogens with one attached hydrogen (secondary N) is 1. The summed E-state index contributed by atoms with van der Waals surface area (Å²) < 4.78 is 5.65. The zero-order valence-corrected chi connectivity index (χ0v) is 22.9. The van der Waals surface area contributed by atoms with Gasteiger partial charge in [0.2, 0.25) is 11.8 Å². The van der Waals surface area contributed by atoms with E-state index in [-0.39, 0.29) is 29.2 Å². The van der Waals surface area contributed by atoms with Gasteiger partial charge < -0.3 is 15.0 Å². The molecule has 202 valence electrons. The van der Waals surface area contributed by atoms with Crippen molar-refractivity contribution >= 4 is 23.6 Å². The average molecular weight is 527 g/mol. The molecule has 8 heteroatoms. The predicted molar refractivity (Wildman–Crippen MR) is 146 cm³/mol. The number of ether oxygens (including phenoxy) is 1. The topological polar surface area (TPSA) is 103 Å². The lowest BCUT2D eigenvalue weighted by molar-refractivity contribution is -0.129. The number of carbonyl (C=O) groups excluding carboxylic acids is 3. The van der Waals surface area contributed by atoms with Gasteiger partial charge in [-0.25, -0.2) is 4.79 Å². The standard InChI is InChI=1S/C31H34N4O4/c1-30(2,3)39-29(38)35-25-16-31(25)12-11-23(31)27(35)28(37)33-22(17-32)13-18-5-7-19(8-6-18)20-9-10-21-15-26(36)34(4)24(21)14-20/h5-10,14,22-23,25,27H,11-13,15-16H2,1-4H3,(H,33,37)/t22-,23?,25+,27-,31?/m0/s1. The van der Waals surface area contributed by atoms with E-state index in [1.165, 1.54) is 0 Å². The maximum absolute atomic E-state index is 13.5. The van der Waals surface area contributed by atoms with Crippen LogP contribution in [0.5, 0.6) is 0 Å². The van der Waals surface area contributed by atoms with Crippen LogP contribution in [0.2, 0.25) is 0 Å². The highest BCUT2D eigenvalue weighted by molar-refractivity contribution is 6.01. The number of rotatable bonds is 5. The fourth-order valence-corrected chi connectivity index (χ4v) is 6.83. The van der Waals surface area contributed by atoms with E-state index in [1.54, 1.807) is 16.8 Å². The number of benzene rings is 2. The Morgan fingerprint density at radius 3 is 2.54 bits per heavy atom. The highest BCUT2D eigenvalue weighted by Crippen LogP contribution is 2.73. The van der Waals surface area contributed by atoms with Crippen LogP contribution in [0.4, 0.5) is 10.5 Å². The lowest BCUT2D eigenvalue weighted by atomic mass is 9.68. The van der Waals surface area contributed by atoms with Crippen LogP contribution in [0.25, 0.3) is 11.1 Å². The lowest BCUT2D eigenvalue weighted by Crippen LogP contribution is -2.55. The number of anilines is 1. The van der Waals surface area contributed by atoms with Crippen molar-refractivity contribution in [3.8, 4) is 17.2 Å². The SMILES string of the molecule is CN1C(=O)Cc2ccc(-c3ccc(C[C@@H](C#N)NC(=O)[C@@H]4C5CCC56C[C@H]6N4C(=O)OC(C)(C)C)cc3)cc21. The van der Waals surface area contributed by atoms with Crippen molar-refractivity contribution in [1.82, 2.24) is 10.2 Å². The lowest BCUT2D eigenvalue weighted by Gasteiger charge is -2.38. The second-order valence-corrected chi connectivity index (χ2v) is 12.5. The first kappa shape index (κ1) is 25.4. The number of likely N-dealkylation sites (N-methyl/N-ethyl adjacent to an activating group) is 1. The quantitative estimate of drug-likeness (QED) is 0.629. The molecule has 0 radical (unpaired) electrons. The minimum absolute atomic E-state index is 0.0621. The van der Waals surface area contributed by atoms with E-state index >= 15 is 0 Å². The molecule has 4 aliphatic rings. The summed E-state index contributed by atoms with van der Waals surface area (Å²) in [4.78, 5) is 41.9. The molecular weight excluding hydrogens is 492 g/mol. The van der Waals surface area contributed by atoms with E-state index < -0.39 is 23.8 Å². The molecule has 2 heterocycles. The Morgan fingerprint density at radius 2 is 1.90 bits per heavy atom. The van der Waals surface area contributed by atoms with Crippen molar-refractivity contribution in [2.24, 2.45) is 11.3 Å². The van der Waals surface area contributed by atoms with Gasteiger partial charge in [-0.15, -0.1) is 0 Å². The van der Waals surface area contributed by atoms with Gasteiger partial charge in [-0.2, -0.15) is 5.26 Å². The Kier molecular flexibility index (Phi) is 5.76. The number of nitriles is 1. The molecule has 39 heavy (non-hydrogen) atoms. The molecular formula is C31H34N4O4. The van der Waals surface area contributed by atoms with Crippen molar-refractivity contribution in [3.05, 3.63) is 53.6 Å². The summed E-state index contributed by atoms with van der Waals surface area (Å²) in [7, 11) is 1.80. The summed E-state index contributed by atoms with van der Waals surface area (Å²) >= 11 is 0. The van der Waals surface area contributed by atoms with Crippen molar-refractivity contribution in [2.45, 2.75) is 76.6 Å². The highest BCUT2D eigenvalue weighted by atomic mass is 16.6. The summed E-state index contributed by atoms with van der Waals surface area (Å²) in [6.07, 6.45) is 3.25. The first-order valence-corrected chi connectivity index (χ1v) is 13.7. The van der Waals surface area contributed by atoms with Crippen LogP contribution in [-0.2, 0) is 27.2 Å². The molecule has 2 aromatic carbocycles. The van der Waals surface area contributed by atoms with E-state index in [0.29, 0.717) is 12.8 Å². The summed E-state index contributed by atoms with van der Waals surface area (Å²) in [5, 5.41) is 12.8. The van der Waals surface area contributed by atoms with E-state index in [9.17, 15) is 19.6 Å². The van der Waals surface area contributed by atoms with Crippen molar-refractivity contribution in [3.63, 3.8) is 0 Å². The summed E-state index contributed by atoms with van der Waals surface area (Å²) in [5.74, 6) is -0.0363. The Bertz CT molecular complexity index is 1410. The third-order valence-electron chi connectivity index (χ3n) is 8.99. The Balaban J connectivity index is 1.13. The van der Waals surface area contributed by atoms with Crippen LogP contribution in [0.15, 0.2) is 42.5 Å². The molecule has 1 spiro atoms. The molecule has 3 amide bonds. The van der Waals surface area contributed by atoms with Crippen LogP contribution in [0.1, 0.15) is 51.2 Å². The number of piperidine rings is 1. The normalized spacial score (nSPS) is 27.1. The number of likely N-dealkylation sites (tertiary alicyclic amines) is 1. The van der Waals surface area contributed by atoms with Gasteiger partial charge in [-0.3, -0.25) is 14.5 Å². The second-order valence-electron chi connectivity index (χ2n) is 12.5. The minimum Gasteiger partial charge on any atom is -0.444 e. The van der Waals surface area contributed by atoms with Crippen LogP contribution in [-0.4, -0.2) is 53.6 Å². The molecule has 0 bridgehead atoms. The molecule has 1 N–H and O–H groups in total. The van der Waals surface area contributed by atoms with E-state index in [4.69, 9.17) is 4.74 Å². The van der Waals surface area contributed by atoms with Gasteiger partial charge in [0.1, 0.15) is 17.7 Å². The smallest absolute Gasteiger partial charge is 0.411 e. The van der Waals surface area contributed by atoms with Crippen LogP contribution in [0.3, 0.4) is 0 Å². The molecule has 8 nitrogen and oxygen atoms in total. The molecule has 2 aromatic rings. The maximum atomic E-state index is 13.5. The molecule has 2 saturated carbocycles. The minimum atomic E-state index is -0.712. The molecule has 0 aromatic heterocycles. The van der Waals surface area contributed by atoms with Gasteiger partial charge in [0.25, 0.3) is 0 Å². The fraction of sp³-hybridized carbons (Fsp3) is 0.484. The maximum Gasteiger partial charge on any atom is 0.411 e. The highest BCUT2D eigenvalue weighted by Gasteiger charge is 2.76. The molecule has 2 aliphatic heterocycles. The van der Waals surface area contributed by atoms with Gasteiger partial charge in [0.15, 0.2) is 0 Å². The Labute approximate surface area is 228 Å². The van der Waals surface area contributed by atoms with Crippen LogP contribution < -0.4 is 10.2 Å². The molecule has 2 aliphatic carbocycles. The van der Waals surface area contributed by atoms with Gasteiger partial charge >= 0.3 is 6.09 Å². The molecule has 5 atom stereocenters. The monoisotopic (exact) mass is 526 g/mol. The number of fused-ring (bicyclic) bond motifs is 1. The van der Waals surface area contributed by atoms with Crippen LogP contribution in [0, 0.1) is 22.7 Å². The zero-order valence-electron chi connectivity index (χ0n) is 22.9. The molecule has 3 fully saturated rings.